The molecule has 0 fully saturated rings. The molecule has 0 saturated carbocycles. The zero-order valence-corrected chi connectivity index (χ0v) is 15.6. The van der Waals surface area contributed by atoms with Crippen LogP contribution in [0.5, 0.6) is 0 Å². The number of nitrogens with zero attached hydrogens (tertiary/aromatic N) is 1. The maximum absolute atomic E-state index is 12.5. The topological polar surface area (TPSA) is 51.1 Å². The van der Waals surface area contributed by atoms with Crippen LogP contribution in [0.2, 0.25) is 15.1 Å². The molecule has 0 saturated heterocycles. The summed E-state index contributed by atoms with van der Waals surface area (Å²) in [6.45, 7) is 0.313. The maximum Gasteiger partial charge on any atom is 0.257 e. The number of halogens is 3. The number of pyridine rings is 1. The molecule has 3 rings (SSSR count). The molecule has 0 spiro atoms. The molecule has 1 N–H and O–H groups in total. The van der Waals surface area contributed by atoms with E-state index in [-0.39, 0.29) is 11.5 Å². The second-order valence-corrected chi connectivity index (χ2v) is 6.85. The number of hydrogen-bond acceptors (Lipinski definition) is 2. The van der Waals surface area contributed by atoms with E-state index in [1.165, 1.54) is 22.9 Å². The Morgan fingerprint density at radius 1 is 0.962 bits per heavy atom. The highest BCUT2D eigenvalue weighted by atomic mass is 35.5. The number of aromatic nitrogens is 1. The summed E-state index contributed by atoms with van der Waals surface area (Å²) >= 11 is 17.8. The van der Waals surface area contributed by atoms with Gasteiger partial charge in [0.1, 0.15) is 0 Å². The van der Waals surface area contributed by atoms with Crippen molar-refractivity contribution in [1.82, 2.24) is 4.57 Å². The molecule has 0 atom stereocenters. The molecule has 0 aliphatic carbocycles. The number of benzene rings is 2. The van der Waals surface area contributed by atoms with E-state index in [9.17, 15) is 9.59 Å². The predicted octanol–water partition coefficient (Wildman–Crippen LogP) is 5.11. The van der Waals surface area contributed by atoms with Crippen molar-refractivity contribution < 1.29 is 4.79 Å². The summed E-state index contributed by atoms with van der Waals surface area (Å²) in [5.41, 5.74) is 1.51. The van der Waals surface area contributed by atoms with Gasteiger partial charge in [0, 0.05) is 23.0 Å². The van der Waals surface area contributed by atoms with E-state index in [1.54, 1.807) is 30.3 Å². The molecule has 0 unspecified atom stereocenters. The highest BCUT2D eigenvalue weighted by Crippen LogP contribution is 2.25. The lowest BCUT2D eigenvalue weighted by Gasteiger charge is -2.10. The largest absolute Gasteiger partial charge is 0.322 e. The lowest BCUT2D eigenvalue weighted by Crippen LogP contribution is -2.22. The average Bonchev–Trinajstić information content (AvgIpc) is 2.60. The minimum atomic E-state index is -0.358. The van der Waals surface area contributed by atoms with Crippen LogP contribution in [0.25, 0.3) is 0 Å². The Balaban J connectivity index is 1.83. The monoisotopic (exact) mass is 406 g/mol. The Hall–Kier alpha value is -2.27. The van der Waals surface area contributed by atoms with E-state index in [0.717, 1.165) is 5.56 Å². The molecule has 4 nitrogen and oxygen atoms in total. The Morgan fingerprint density at radius 2 is 1.77 bits per heavy atom. The average molecular weight is 408 g/mol. The summed E-state index contributed by atoms with van der Waals surface area (Å²) in [7, 11) is 0. The van der Waals surface area contributed by atoms with Crippen molar-refractivity contribution in [2.45, 2.75) is 6.54 Å². The smallest absolute Gasteiger partial charge is 0.257 e. The number of nitrogens with one attached hydrogen (secondary N) is 1. The number of carbonyl (C=O) groups is 1. The van der Waals surface area contributed by atoms with E-state index in [1.807, 2.05) is 12.1 Å². The summed E-state index contributed by atoms with van der Waals surface area (Å²) in [4.78, 5) is 24.5. The van der Waals surface area contributed by atoms with Gasteiger partial charge in [0.2, 0.25) is 0 Å². The molecule has 0 aliphatic rings. The second kappa shape index (κ2) is 7.96. The summed E-state index contributed by atoms with van der Waals surface area (Å²) < 4.78 is 1.45. The molecule has 1 amide bonds. The lowest BCUT2D eigenvalue weighted by atomic mass is 10.2. The molecule has 1 aromatic heterocycles. The molecule has 26 heavy (non-hydrogen) atoms. The van der Waals surface area contributed by atoms with Crippen LogP contribution in [0, 0.1) is 0 Å². The summed E-state index contributed by atoms with van der Waals surface area (Å²) in [6.07, 6.45) is 1.51. The molecule has 3 aromatic rings. The van der Waals surface area contributed by atoms with E-state index in [2.05, 4.69) is 5.32 Å². The van der Waals surface area contributed by atoms with Gasteiger partial charge in [-0.1, -0.05) is 46.9 Å². The normalized spacial score (nSPS) is 10.6. The number of hydrogen-bond donors (Lipinski definition) is 1. The van der Waals surface area contributed by atoms with Gasteiger partial charge in [-0.3, -0.25) is 9.59 Å². The molecule has 2 aromatic carbocycles. The molecule has 0 aliphatic heterocycles. The van der Waals surface area contributed by atoms with Crippen molar-refractivity contribution >= 4 is 46.4 Å². The fourth-order valence-electron chi connectivity index (χ4n) is 2.40. The predicted molar refractivity (Wildman–Crippen MR) is 106 cm³/mol. The zero-order valence-electron chi connectivity index (χ0n) is 13.4. The van der Waals surface area contributed by atoms with Crippen molar-refractivity contribution in [2.75, 3.05) is 5.32 Å². The molecular weight excluding hydrogens is 395 g/mol. The van der Waals surface area contributed by atoms with Crippen LogP contribution in [0.3, 0.4) is 0 Å². The van der Waals surface area contributed by atoms with Gasteiger partial charge in [-0.15, -0.1) is 0 Å². The number of amides is 1. The third-order valence-corrected chi connectivity index (χ3v) is 4.64. The first-order valence-electron chi connectivity index (χ1n) is 7.64. The van der Waals surface area contributed by atoms with Crippen molar-refractivity contribution in [3.8, 4) is 0 Å². The Bertz CT molecular complexity index is 1030. The van der Waals surface area contributed by atoms with Gasteiger partial charge in [0.25, 0.3) is 11.5 Å². The van der Waals surface area contributed by atoms with Gasteiger partial charge in [-0.2, -0.15) is 0 Å². The molecule has 0 bridgehead atoms. The van der Waals surface area contributed by atoms with Crippen LogP contribution < -0.4 is 10.9 Å². The Labute approximate surface area is 164 Å². The highest BCUT2D eigenvalue weighted by Gasteiger charge is 2.10. The van der Waals surface area contributed by atoms with Crippen molar-refractivity contribution in [2.24, 2.45) is 0 Å². The van der Waals surface area contributed by atoms with Gasteiger partial charge in [0.05, 0.1) is 22.2 Å². The quantitative estimate of drug-likeness (QED) is 0.653. The maximum atomic E-state index is 12.5. The zero-order chi connectivity index (χ0) is 18.7. The molecular formula is C19H13Cl3N2O2. The molecule has 0 radical (unpaired) electrons. The van der Waals surface area contributed by atoms with E-state index in [0.29, 0.717) is 32.9 Å². The minimum absolute atomic E-state index is 0.212. The van der Waals surface area contributed by atoms with Crippen LogP contribution in [-0.2, 0) is 6.54 Å². The Morgan fingerprint density at radius 3 is 2.50 bits per heavy atom. The molecule has 132 valence electrons. The first-order chi connectivity index (χ1) is 12.4. The van der Waals surface area contributed by atoms with Gasteiger partial charge in [0.15, 0.2) is 0 Å². The number of rotatable bonds is 4. The van der Waals surface area contributed by atoms with Crippen LogP contribution in [-0.4, -0.2) is 10.5 Å². The summed E-state index contributed by atoms with van der Waals surface area (Å²) in [5.74, 6) is -0.358. The third kappa shape index (κ3) is 4.47. The first kappa shape index (κ1) is 18.5. The number of anilines is 1. The van der Waals surface area contributed by atoms with E-state index < -0.39 is 0 Å². The standard InChI is InChI=1S/C19H13Cl3N2O2/c20-14-3-1-2-12(8-14)10-24-11-13(4-7-18(24)25)19(26)23-15-5-6-16(21)17(22)9-15/h1-9,11H,10H2,(H,23,26). The van der Waals surface area contributed by atoms with Crippen LogP contribution in [0.15, 0.2) is 65.6 Å². The van der Waals surface area contributed by atoms with E-state index >= 15 is 0 Å². The van der Waals surface area contributed by atoms with Crippen molar-refractivity contribution in [3.63, 3.8) is 0 Å². The minimum Gasteiger partial charge on any atom is -0.322 e. The molecule has 1 heterocycles. The van der Waals surface area contributed by atoms with Gasteiger partial charge in [-0.25, -0.2) is 0 Å². The van der Waals surface area contributed by atoms with Crippen LogP contribution in [0.4, 0.5) is 5.69 Å². The van der Waals surface area contributed by atoms with Gasteiger partial charge < -0.3 is 9.88 Å². The summed E-state index contributed by atoms with van der Waals surface area (Å²) in [5, 5.41) is 4.06. The molecule has 7 heteroatoms. The van der Waals surface area contributed by atoms with Crippen LogP contribution in [0.1, 0.15) is 15.9 Å². The fraction of sp³-hybridized carbons (Fsp3) is 0.0526. The Kier molecular flexibility index (Phi) is 5.67. The lowest BCUT2D eigenvalue weighted by molar-refractivity contribution is 0.102. The fourth-order valence-corrected chi connectivity index (χ4v) is 2.91. The van der Waals surface area contributed by atoms with Crippen molar-refractivity contribution in [1.29, 1.82) is 0 Å². The van der Waals surface area contributed by atoms with Gasteiger partial charge in [-0.05, 0) is 42.0 Å². The number of carbonyl (C=O) groups excluding carboxylic acids is 1. The summed E-state index contributed by atoms with van der Waals surface area (Å²) in [6, 6.07) is 14.8. The first-order valence-corrected chi connectivity index (χ1v) is 8.77. The second-order valence-electron chi connectivity index (χ2n) is 5.60. The third-order valence-electron chi connectivity index (χ3n) is 3.67. The van der Waals surface area contributed by atoms with E-state index in [4.69, 9.17) is 34.8 Å². The van der Waals surface area contributed by atoms with Crippen LogP contribution >= 0.6 is 34.8 Å². The SMILES string of the molecule is O=C(Nc1ccc(Cl)c(Cl)c1)c1ccc(=O)n(Cc2cccc(Cl)c2)c1. The van der Waals surface area contributed by atoms with Crippen molar-refractivity contribution in [3.05, 3.63) is 97.3 Å². The highest BCUT2D eigenvalue weighted by molar-refractivity contribution is 6.42. The van der Waals surface area contributed by atoms with Gasteiger partial charge >= 0.3 is 0 Å².